The summed E-state index contributed by atoms with van der Waals surface area (Å²) in [7, 11) is 0. The first-order valence-corrected chi connectivity index (χ1v) is 5.91. The minimum atomic E-state index is -0.532. The summed E-state index contributed by atoms with van der Waals surface area (Å²) in [6, 6.07) is 5.86. The molecule has 0 amide bonds. The monoisotopic (exact) mass is 260 g/mol. The van der Waals surface area contributed by atoms with Gasteiger partial charge in [0.15, 0.2) is 17.3 Å². The van der Waals surface area contributed by atoms with Crippen molar-refractivity contribution in [2.75, 3.05) is 6.61 Å². The highest BCUT2D eigenvalue weighted by Gasteiger charge is 2.11. The summed E-state index contributed by atoms with van der Waals surface area (Å²) in [5.74, 6) is -0.572. The number of ketones is 1. The SMILES string of the molecule is CCOc1ccc(C(=O)Cc2ccncn2)cc1F. The van der Waals surface area contributed by atoms with Crippen LogP contribution in [0.1, 0.15) is 23.0 Å². The van der Waals surface area contributed by atoms with Gasteiger partial charge in [-0.05, 0) is 31.2 Å². The van der Waals surface area contributed by atoms with Gasteiger partial charge in [-0.3, -0.25) is 4.79 Å². The molecule has 0 unspecified atom stereocenters. The van der Waals surface area contributed by atoms with Crippen molar-refractivity contribution in [1.82, 2.24) is 9.97 Å². The number of rotatable bonds is 5. The molecular formula is C14H13FN2O2. The van der Waals surface area contributed by atoms with Crippen molar-refractivity contribution in [1.29, 1.82) is 0 Å². The Morgan fingerprint density at radius 3 is 2.84 bits per heavy atom. The number of aromatic nitrogens is 2. The summed E-state index contributed by atoms with van der Waals surface area (Å²) in [5.41, 5.74) is 0.911. The summed E-state index contributed by atoms with van der Waals surface area (Å²) in [5, 5.41) is 0. The second-order valence-electron chi connectivity index (χ2n) is 3.88. The van der Waals surface area contributed by atoms with Gasteiger partial charge < -0.3 is 4.74 Å². The van der Waals surface area contributed by atoms with Crippen molar-refractivity contribution in [2.45, 2.75) is 13.3 Å². The van der Waals surface area contributed by atoms with Crippen LogP contribution in [0.3, 0.4) is 0 Å². The van der Waals surface area contributed by atoms with E-state index in [4.69, 9.17) is 4.74 Å². The fourth-order valence-corrected chi connectivity index (χ4v) is 1.64. The van der Waals surface area contributed by atoms with Gasteiger partial charge in [0.05, 0.1) is 18.7 Å². The molecule has 0 aliphatic heterocycles. The van der Waals surface area contributed by atoms with Gasteiger partial charge in [-0.2, -0.15) is 0 Å². The number of halogens is 1. The number of nitrogens with zero attached hydrogens (tertiary/aromatic N) is 2. The van der Waals surface area contributed by atoms with Crippen LogP contribution in [-0.4, -0.2) is 22.4 Å². The minimum Gasteiger partial charge on any atom is -0.491 e. The number of carbonyl (C=O) groups excluding carboxylic acids is 1. The molecule has 0 radical (unpaired) electrons. The highest BCUT2D eigenvalue weighted by Crippen LogP contribution is 2.19. The predicted molar refractivity (Wildman–Crippen MR) is 67.6 cm³/mol. The van der Waals surface area contributed by atoms with Gasteiger partial charge in [-0.25, -0.2) is 14.4 Å². The first-order chi connectivity index (χ1) is 9.20. The van der Waals surface area contributed by atoms with Crippen molar-refractivity contribution >= 4 is 5.78 Å². The lowest BCUT2D eigenvalue weighted by Gasteiger charge is -2.06. The van der Waals surface area contributed by atoms with Gasteiger partial charge in [0.25, 0.3) is 0 Å². The zero-order valence-electron chi connectivity index (χ0n) is 10.5. The molecular weight excluding hydrogens is 247 g/mol. The van der Waals surface area contributed by atoms with Crippen LogP contribution < -0.4 is 4.74 Å². The van der Waals surface area contributed by atoms with E-state index in [2.05, 4.69) is 9.97 Å². The highest BCUT2D eigenvalue weighted by atomic mass is 19.1. The van der Waals surface area contributed by atoms with Crippen LogP contribution in [-0.2, 0) is 6.42 Å². The standard InChI is InChI=1S/C14H13FN2O2/c1-2-19-14-4-3-10(7-12(14)15)13(18)8-11-5-6-16-9-17-11/h3-7,9H,2,8H2,1H3. The zero-order chi connectivity index (χ0) is 13.7. The van der Waals surface area contributed by atoms with E-state index in [-0.39, 0.29) is 18.0 Å². The topological polar surface area (TPSA) is 52.1 Å². The Hall–Kier alpha value is -2.30. The predicted octanol–water partition coefficient (Wildman–Crippen LogP) is 2.44. The van der Waals surface area contributed by atoms with Crippen LogP contribution in [0.25, 0.3) is 0 Å². The number of Topliss-reactive ketones (excluding diaryl/α,β-unsaturated/α-hetero) is 1. The van der Waals surface area contributed by atoms with Gasteiger partial charge in [0.2, 0.25) is 0 Å². The third-order valence-electron chi connectivity index (χ3n) is 2.54. The van der Waals surface area contributed by atoms with E-state index < -0.39 is 5.82 Å². The van der Waals surface area contributed by atoms with Crippen LogP contribution in [0.4, 0.5) is 4.39 Å². The minimum absolute atomic E-state index is 0.121. The van der Waals surface area contributed by atoms with Gasteiger partial charge in [0.1, 0.15) is 6.33 Å². The number of hydrogen-bond acceptors (Lipinski definition) is 4. The first kappa shape index (κ1) is 13.1. The molecule has 0 saturated heterocycles. The fourth-order valence-electron chi connectivity index (χ4n) is 1.64. The van der Waals surface area contributed by atoms with Crippen LogP contribution in [0, 0.1) is 5.82 Å². The summed E-state index contributed by atoms with van der Waals surface area (Å²) in [6.07, 6.45) is 3.06. The average molecular weight is 260 g/mol. The maximum Gasteiger partial charge on any atom is 0.168 e. The molecule has 2 aromatic rings. The van der Waals surface area contributed by atoms with Crippen molar-refractivity contribution in [2.24, 2.45) is 0 Å². The van der Waals surface area contributed by atoms with Crippen LogP contribution in [0.5, 0.6) is 5.75 Å². The fraction of sp³-hybridized carbons (Fsp3) is 0.214. The second-order valence-corrected chi connectivity index (χ2v) is 3.88. The van der Waals surface area contributed by atoms with Gasteiger partial charge in [-0.15, -0.1) is 0 Å². The van der Waals surface area contributed by atoms with Crippen molar-refractivity contribution in [3.63, 3.8) is 0 Å². The highest BCUT2D eigenvalue weighted by molar-refractivity contribution is 5.97. The number of carbonyl (C=O) groups is 1. The molecule has 5 heteroatoms. The Balaban J connectivity index is 2.14. The molecule has 2 rings (SSSR count). The Labute approximate surface area is 110 Å². The van der Waals surface area contributed by atoms with Crippen molar-refractivity contribution in [3.8, 4) is 5.75 Å². The Morgan fingerprint density at radius 1 is 1.37 bits per heavy atom. The third kappa shape index (κ3) is 3.34. The lowest BCUT2D eigenvalue weighted by atomic mass is 10.1. The molecule has 1 aromatic heterocycles. The smallest absolute Gasteiger partial charge is 0.168 e. The Bertz CT molecular complexity index is 573. The van der Waals surface area contributed by atoms with Gasteiger partial charge >= 0.3 is 0 Å². The molecule has 0 aliphatic carbocycles. The summed E-state index contributed by atoms with van der Waals surface area (Å²) in [6.45, 7) is 2.15. The molecule has 98 valence electrons. The quantitative estimate of drug-likeness (QED) is 0.775. The van der Waals surface area contributed by atoms with E-state index >= 15 is 0 Å². The number of ether oxygens (including phenoxy) is 1. The van der Waals surface area contributed by atoms with E-state index in [0.29, 0.717) is 17.9 Å². The van der Waals surface area contributed by atoms with E-state index in [1.54, 1.807) is 25.3 Å². The molecule has 0 N–H and O–H groups in total. The van der Waals surface area contributed by atoms with Crippen molar-refractivity contribution in [3.05, 3.63) is 53.9 Å². The maximum absolute atomic E-state index is 13.6. The van der Waals surface area contributed by atoms with Crippen LogP contribution in [0.15, 0.2) is 36.8 Å². The lowest BCUT2D eigenvalue weighted by Crippen LogP contribution is -2.06. The summed E-state index contributed by atoms with van der Waals surface area (Å²) in [4.78, 5) is 19.7. The van der Waals surface area contributed by atoms with E-state index in [0.717, 1.165) is 0 Å². The van der Waals surface area contributed by atoms with Gasteiger partial charge in [-0.1, -0.05) is 0 Å². The molecule has 1 heterocycles. The Morgan fingerprint density at radius 2 is 2.21 bits per heavy atom. The van der Waals surface area contributed by atoms with E-state index in [9.17, 15) is 9.18 Å². The normalized spacial score (nSPS) is 10.2. The molecule has 1 aromatic carbocycles. The second kappa shape index (κ2) is 6.04. The molecule has 4 nitrogen and oxygen atoms in total. The van der Waals surface area contributed by atoms with E-state index in [1.807, 2.05) is 0 Å². The molecule has 0 aliphatic rings. The summed E-state index contributed by atoms with van der Waals surface area (Å²) >= 11 is 0. The molecule has 0 atom stereocenters. The molecule has 0 bridgehead atoms. The third-order valence-corrected chi connectivity index (χ3v) is 2.54. The van der Waals surface area contributed by atoms with Gasteiger partial charge in [0, 0.05) is 11.8 Å². The number of hydrogen-bond donors (Lipinski definition) is 0. The molecule has 0 saturated carbocycles. The zero-order valence-corrected chi connectivity index (χ0v) is 10.5. The Kier molecular flexibility index (Phi) is 4.18. The summed E-state index contributed by atoms with van der Waals surface area (Å²) < 4.78 is 18.7. The molecule has 0 spiro atoms. The maximum atomic E-state index is 13.6. The van der Waals surface area contributed by atoms with E-state index in [1.165, 1.54) is 18.5 Å². The van der Waals surface area contributed by atoms with Crippen LogP contribution in [0.2, 0.25) is 0 Å². The van der Waals surface area contributed by atoms with Crippen molar-refractivity contribution < 1.29 is 13.9 Å². The first-order valence-electron chi connectivity index (χ1n) is 5.91. The van der Waals surface area contributed by atoms with Crippen LogP contribution >= 0.6 is 0 Å². The molecule has 0 fully saturated rings. The average Bonchev–Trinajstić information content (AvgIpc) is 2.42. The molecule has 19 heavy (non-hydrogen) atoms. The largest absolute Gasteiger partial charge is 0.491 e. The number of benzene rings is 1. The lowest BCUT2D eigenvalue weighted by molar-refractivity contribution is 0.0991.